The molecule has 4 nitrogen and oxygen atoms in total. The van der Waals surface area contributed by atoms with Gasteiger partial charge in [0.1, 0.15) is 5.76 Å². The van der Waals surface area contributed by atoms with E-state index >= 15 is 0 Å². The van der Waals surface area contributed by atoms with Gasteiger partial charge in [-0.1, -0.05) is 6.07 Å². The summed E-state index contributed by atoms with van der Waals surface area (Å²) in [4.78, 5) is 13.1. The van der Waals surface area contributed by atoms with Gasteiger partial charge in [-0.15, -0.1) is 11.3 Å². The van der Waals surface area contributed by atoms with Gasteiger partial charge in [0.05, 0.1) is 19.1 Å². The number of furan rings is 2. The van der Waals surface area contributed by atoms with Crippen LogP contribution in [0.4, 0.5) is 0 Å². The van der Waals surface area contributed by atoms with Crippen LogP contribution in [0.15, 0.2) is 57.1 Å². The summed E-state index contributed by atoms with van der Waals surface area (Å²) in [6, 6.07) is 9.29. The molecule has 0 atom stereocenters. The van der Waals surface area contributed by atoms with Gasteiger partial charge in [0.2, 0.25) is 0 Å². The first-order chi connectivity index (χ1) is 9.34. The average Bonchev–Trinajstić information content (AvgIpc) is 3.14. The molecule has 0 spiro atoms. The minimum absolute atomic E-state index is 0.246. The van der Waals surface area contributed by atoms with Gasteiger partial charge in [-0.3, -0.25) is 4.79 Å². The highest BCUT2D eigenvalue weighted by atomic mass is 32.1. The molecule has 0 fully saturated rings. The fraction of sp³-hybridized carbons (Fsp3) is 0.0714. The van der Waals surface area contributed by atoms with Crippen molar-refractivity contribution in [2.75, 3.05) is 0 Å². The molecule has 1 N–H and O–H groups in total. The molecule has 0 aliphatic carbocycles. The number of thiophene rings is 1. The van der Waals surface area contributed by atoms with Crippen molar-refractivity contribution in [2.45, 2.75) is 6.54 Å². The Kier molecular flexibility index (Phi) is 3.20. The molecule has 3 rings (SSSR count). The second-order valence-electron chi connectivity index (χ2n) is 3.90. The van der Waals surface area contributed by atoms with Crippen LogP contribution in [-0.2, 0) is 6.54 Å². The maximum absolute atomic E-state index is 12.1. The first-order valence-corrected chi connectivity index (χ1v) is 6.64. The van der Waals surface area contributed by atoms with Crippen molar-refractivity contribution in [3.8, 4) is 10.4 Å². The van der Waals surface area contributed by atoms with Crippen LogP contribution in [0.1, 0.15) is 16.3 Å². The Labute approximate surface area is 113 Å². The maximum Gasteiger partial charge on any atom is 0.288 e. The molecular weight excluding hydrogens is 262 g/mol. The maximum atomic E-state index is 12.1. The Balaban J connectivity index is 1.75. The first-order valence-electron chi connectivity index (χ1n) is 5.76. The predicted molar refractivity (Wildman–Crippen MR) is 71.9 cm³/mol. The predicted octanol–water partition coefficient (Wildman–Crippen LogP) is 3.53. The van der Waals surface area contributed by atoms with Gasteiger partial charge in [-0.05, 0) is 29.6 Å². The number of rotatable bonds is 4. The van der Waals surface area contributed by atoms with Gasteiger partial charge in [0, 0.05) is 10.4 Å². The molecule has 0 saturated carbocycles. The highest BCUT2D eigenvalue weighted by Gasteiger charge is 2.17. The van der Waals surface area contributed by atoms with Gasteiger partial charge >= 0.3 is 0 Å². The summed E-state index contributed by atoms with van der Waals surface area (Å²) in [5.41, 5.74) is 0.812. The highest BCUT2D eigenvalue weighted by molar-refractivity contribution is 7.13. The van der Waals surface area contributed by atoms with Crippen molar-refractivity contribution in [1.82, 2.24) is 5.32 Å². The molecule has 3 aromatic heterocycles. The van der Waals surface area contributed by atoms with E-state index in [0.717, 1.165) is 10.4 Å². The summed E-state index contributed by atoms with van der Waals surface area (Å²) in [6.07, 6.45) is 3.10. The smallest absolute Gasteiger partial charge is 0.288 e. The number of nitrogens with one attached hydrogen (secondary N) is 1. The second kappa shape index (κ2) is 5.16. The van der Waals surface area contributed by atoms with Crippen molar-refractivity contribution >= 4 is 17.2 Å². The van der Waals surface area contributed by atoms with Gasteiger partial charge in [-0.25, -0.2) is 0 Å². The Morgan fingerprint density at radius 2 is 2.11 bits per heavy atom. The average molecular weight is 273 g/mol. The molecular formula is C14H11NO3S. The van der Waals surface area contributed by atoms with Crippen LogP contribution >= 0.6 is 11.3 Å². The molecule has 19 heavy (non-hydrogen) atoms. The van der Waals surface area contributed by atoms with Crippen molar-refractivity contribution in [3.05, 3.63) is 59.8 Å². The fourth-order valence-electron chi connectivity index (χ4n) is 1.77. The molecule has 3 aromatic rings. The fourth-order valence-corrected chi connectivity index (χ4v) is 2.52. The van der Waals surface area contributed by atoms with Crippen molar-refractivity contribution in [1.29, 1.82) is 0 Å². The van der Waals surface area contributed by atoms with Crippen molar-refractivity contribution < 1.29 is 13.6 Å². The summed E-state index contributed by atoms with van der Waals surface area (Å²) in [7, 11) is 0. The van der Waals surface area contributed by atoms with Crippen LogP contribution < -0.4 is 5.32 Å². The summed E-state index contributed by atoms with van der Waals surface area (Å²) < 4.78 is 10.4. The molecule has 0 unspecified atom stereocenters. The molecule has 1 amide bonds. The standard InChI is InChI=1S/C14H11NO3S/c16-14(15-9-10-3-1-6-17-10)13-11(5-7-18-13)12-4-2-8-19-12/h1-8H,9H2,(H,15,16). The SMILES string of the molecule is O=C(NCc1ccco1)c1occc1-c1cccs1. The first kappa shape index (κ1) is 11.8. The van der Waals surface area contributed by atoms with Crippen LogP contribution in [0.5, 0.6) is 0 Å². The Morgan fingerprint density at radius 1 is 1.16 bits per heavy atom. The third kappa shape index (κ3) is 2.46. The van der Waals surface area contributed by atoms with Gasteiger partial charge in [0.25, 0.3) is 5.91 Å². The molecule has 0 aromatic carbocycles. The van der Waals surface area contributed by atoms with E-state index in [-0.39, 0.29) is 5.91 Å². The summed E-state index contributed by atoms with van der Waals surface area (Å²) in [5.74, 6) is 0.788. The van der Waals surface area contributed by atoms with Crippen LogP contribution in [0.3, 0.4) is 0 Å². The van der Waals surface area contributed by atoms with Gasteiger partial charge in [-0.2, -0.15) is 0 Å². The van der Waals surface area contributed by atoms with Crippen LogP contribution in [0.2, 0.25) is 0 Å². The third-order valence-electron chi connectivity index (χ3n) is 2.66. The summed E-state index contributed by atoms with van der Waals surface area (Å²) in [5, 5.41) is 4.73. The lowest BCUT2D eigenvalue weighted by atomic mass is 10.2. The number of amides is 1. The zero-order chi connectivity index (χ0) is 13.1. The minimum Gasteiger partial charge on any atom is -0.467 e. The van der Waals surface area contributed by atoms with E-state index in [9.17, 15) is 4.79 Å². The molecule has 5 heteroatoms. The molecule has 0 bridgehead atoms. The number of carbonyl (C=O) groups excluding carboxylic acids is 1. The van der Waals surface area contributed by atoms with E-state index in [1.165, 1.54) is 6.26 Å². The number of hydrogen-bond acceptors (Lipinski definition) is 4. The Hall–Kier alpha value is -2.27. The minimum atomic E-state index is -0.246. The largest absolute Gasteiger partial charge is 0.467 e. The third-order valence-corrected chi connectivity index (χ3v) is 3.56. The van der Waals surface area contributed by atoms with Crippen LogP contribution in [0.25, 0.3) is 10.4 Å². The highest BCUT2D eigenvalue weighted by Crippen LogP contribution is 2.28. The molecule has 0 aliphatic rings. The lowest BCUT2D eigenvalue weighted by Crippen LogP contribution is -2.22. The molecule has 0 aliphatic heterocycles. The topological polar surface area (TPSA) is 55.4 Å². The van der Waals surface area contributed by atoms with Gasteiger partial charge in [0.15, 0.2) is 5.76 Å². The van der Waals surface area contributed by atoms with E-state index < -0.39 is 0 Å². The van der Waals surface area contributed by atoms with E-state index in [2.05, 4.69) is 5.32 Å². The molecule has 3 heterocycles. The molecule has 0 radical (unpaired) electrons. The number of carbonyl (C=O) groups is 1. The van der Waals surface area contributed by atoms with E-state index in [0.29, 0.717) is 18.1 Å². The Morgan fingerprint density at radius 3 is 2.84 bits per heavy atom. The van der Waals surface area contributed by atoms with Crippen LogP contribution in [-0.4, -0.2) is 5.91 Å². The molecule has 0 saturated heterocycles. The monoisotopic (exact) mass is 273 g/mol. The van der Waals surface area contributed by atoms with E-state index in [4.69, 9.17) is 8.83 Å². The quantitative estimate of drug-likeness (QED) is 0.791. The normalized spacial score (nSPS) is 10.5. The van der Waals surface area contributed by atoms with Crippen molar-refractivity contribution in [2.24, 2.45) is 0 Å². The lowest BCUT2D eigenvalue weighted by molar-refractivity contribution is 0.0921. The van der Waals surface area contributed by atoms with E-state index in [1.54, 1.807) is 29.7 Å². The number of hydrogen-bond donors (Lipinski definition) is 1. The van der Waals surface area contributed by atoms with Crippen LogP contribution in [0, 0.1) is 0 Å². The second-order valence-corrected chi connectivity index (χ2v) is 4.85. The lowest BCUT2D eigenvalue weighted by Gasteiger charge is -2.02. The van der Waals surface area contributed by atoms with Crippen molar-refractivity contribution in [3.63, 3.8) is 0 Å². The summed E-state index contributed by atoms with van der Waals surface area (Å²) >= 11 is 1.57. The summed E-state index contributed by atoms with van der Waals surface area (Å²) in [6.45, 7) is 0.344. The van der Waals surface area contributed by atoms with Gasteiger partial charge < -0.3 is 14.2 Å². The zero-order valence-electron chi connectivity index (χ0n) is 9.96. The molecule has 96 valence electrons. The Bertz CT molecular complexity index is 653. The van der Waals surface area contributed by atoms with E-state index in [1.807, 2.05) is 23.6 Å². The zero-order valence-corrected chi connectivity index (χ0v) is 10.8.